The van der Waals surface area contributed by atoms with Crippen LogP contribution in [0.1, 0.15) is 31.7 Å². The highest BCUT2D eigenvalue weighted by Crippen LogP contribution is 2.35. The van der Waals surface area contributed by atoms with Gasteiger partial charge in [0.1, 0.15) is 0 Å². The normalized spacial score (nSPS) is 25.0. The molecule has 0 aromatic heterocycles. The summed E-state index contributed by atoms with van der Waals surface area (Å²) in [6.45, 7) is 2.79. The predicted octanol–water partition coefficient (Wildman–Crippen LogP) is 2.56. The molecule has 6 heteroatoms. The number of halogens is 1. The molecular weight excluding hydrogens is 328 g/mol. The molecule has 1 heterocycles. The van der Waals surface area contributed by atoms with E-state index < -0.39 is 5.97 Å². The molecule has 0 spiro atoms. The number of carboxylic acid groups (broad SMARTS) is 1. The van der Waals surface area contributed by atoms with Gasteiger partial charge in [0, 0.05) is 37.5 Å². The van der Waals surface area contributed by atoms with E-state index in [-0.39, 0.29) is 5.91 Å². The fourth-order valence-corrected chi connectivity index (χ4v) is 3.78. The number of likely N-dealkylation sites (tertiary alicyclic amines) is 1. The molecule has 1 aliphatic heterocycles. The van der Waals surface area contributed by atoms with E-state index in [1.807, 2.05) is 29.2 Å². The van der Waals surface area contributed by atoms with Gasteiger partial charge in [-0.05, 0) is 48.8 Å². The molecule has 2 bridgehead atoms. The van der Waals surface area contributed by atoms with Crippen molar-refractivity contribution in [3.63, 3.8) is 0 Å². The highest BCUT2D eigenvalue weighted by molar-refractivity contribution is 6.30. The third-order valence-corrected chi connectivity index (χ3v) is 5.01. The van der Waals surface area contributed by atoms with Gasteiger partial charge in [0.05, 0.1) is 0 Å². The van der Waals surface area contributed by atoms with Crippen LogP contribution in [0.5, 0.6) is 0 Å². The second kappa shape index (κ2) is 8.49. The summed E-state index contributed by atoms with van der Waals surface area (Å²) < 4.78 is 0. The Balaban J connectivity index is 0.000000471. The predicted molar refractivity (Wildman–Crippen MR) is 93.9 cm³/mol. The molecule has 1 unspecified atom stereocenters. The number of carbonyl (C=O) groups is 2. The molecule has 1 aromatic rings. The van der Waals surface area contributed by atoms with Crippen molar-refractivity contribution in [2.75, 3.05) is 13.1 Å². The van der Waals surface area contributed by atoms with E-state index in [1.54, 1.807) is 0 Å². The number of carbonyl (C=O) groups excluding carboxylic acids is 1. The van der Waals surface area contributed by atoms with Gasteiger partial charge in [0.2, 0.25) is 5.91 Å². The first-order chi connectivity index (χ1) is 11.4. The summed E-state index contributed by atoms with van der Waals surface area (Å²) in [5, 5.41) is 8.15. The number of carboxylic acids is 1. The van der Waals surface area contributed by atoms with Crippen LogP contribution in [0.15, 0.2) is 24.3 Å². The number of hydrogen-bond acceptors (Lipinski definition) is 3. The number of nitrogens with zero attached hydrogens (tertiary/aromatic N) is 1. The van der Waals surface area contributed by atoms with Crippen LogP contribution in [0, 0.1) is 11.8 Å². The maximum absolute atomic E-state index is 12.3. The lowest BCUT2D eigenvalue weighted by Crippen LogP contribution is -2.50. The monoisotopic (exact) mass is 352 g/mol. The number of nitrogens with two attached hydrogens (primary N) is 1. The lowest BCUT2D eigenvalue weighted by molar-refractivity contribution is -0.135. The van der Waals surface area contributed by atoms with E-state index >= 15 is 0 Å². The molecule has 5 nitrogen and oxygen atoms in total. The molecule has 3 N–H and O–H groups in total. The quantitative estimate of drug-likeness (QED) is 0.875. The average Bonchev–Trinajstić information content (AvgIpc) is 2.74. The highest BCUT2D eigenvalue weighted by atomic mass is 35.5. The Morgan fingerprint density at radius 3 is 2.42 bits per heavy atom. The first-order valence-electron chi connectivity index (χ1n) is 8.34. The number of fused-ring (bicyclic) bond motifs is 2. The minimum Gasteiger partial charge on any atom is -0.481 e. The topological polar surface area (TPSA) is 83.6 Å². The largest absolute Gasteiger partial charge is 0.481 e. The van der Waals surface area contributed by atoms with Crippen LogP contribution in [-0.4, -0.2) is 41.0 Å². The fraction of sp³-hybridized carbons (Fsp3) is 0.556. The molecule has 2 aliphatic rings. The zero-order chi connectivity index (χ0) is 17.7. The minimum atomic E-state index is -0.833. The Kier molecular flexibility index (Phi) is 6.63. The smallest absolute Gasteiger partial charge is 0.300 e. The second-order valence-corrected chi connectivity index (χ2v) is 7.06. The van der Waals surface area contributed by atoms with Crippen LogP contribution in [-0.2, 0) is 16.0 Å². The van der Waals surface area contributed by atoms with Gasteiger partial charge < -0.3 is 15.7 Å². The van der Waals surface area contributed by atoms with Gasteiger partial charge >= 0.3 is 0 Å². The minimum absolute atomic E-state index is 0.258. The van der Waals surface area contributed by atoms with Crippen LogP contribution in [0.4, 0.5) is 0 Å². The first kappa shape index (κ1) is 18.7. The number of rotatable bonds is 3. The summed E-state index contributed by atoms with van der Waals surface area (Å²) in [4.78, 5) is 23.4. The molecule has 1 saturated carbocycles. The van der Waals surface area contributed by atoms with Crippen LogP contribution >= 0.6 is 11.6 Å². The van der Waals surface area contributed by atoms with E-state index in [2.05, 4.69) is 0 Å². The zero-order valence-corrected chi connectivity index (χ0v) is 14.7. The first-order valence-corrected chi connectivity index (χ1v) is 8.72. The standard InChI is InChI=1S/C16H21ClN2O.C2H4O2/c17-14-3-1-2-11(8-14)4-7-15(20)19-9-12-5-6-13(10-19)16(12)18;1-2(3)4/h1-3,8,12-13,16H,4-7,9-10,18H2;1H3,(H,3,4)/t12-,13+,16?;. The molecule has 24 heavy (non-hydrogen) atoms. The van der Waals surface area contributed by atoms with Gasteiger partial charge in [-0.1, -0.05) is 23.7 Å². The maximum Gasteiger partial charge on any atom is 0.300 e. The van der Waals surface area contributed by atoms with Crippen LogP contribution in [0.25, 0.3) is 0 Å². The van der Waals surface area contributed by atoms with E-state index in [1.165, 1.54) is 12.8 Å². The Hall–Kier alpha value is -1.59. The van der Waals surface area contributed by atoms with Gasteiger partial charge in [0.15, 0.2) is 0 Å². The van der Waals surface area contributed by atoms with Gasteiger partial charge in [-0.15, -0.1) is 0 Å². The van der Waals surface area contributed by atoms with Gasteiger partial charge in [0.25, 0.3) is 5.97 Å². The summed E-state index contributed by atoms with van der Waals surface area (Å²) in [6.07, 6.45) is 3.69. The molecular formula is C18H25ClN2O3. The van der Waals surface area contributed by atoms with Crippen molar-refractivity contribution in [3.8, 4) is 0 Å². The van der Waals surface area contributed by atoms with Crippen molar-refractivity contribution >= 4 is 23.5 Å². The van der Waals surface area contributed by atoms with Crippen LogP contribution in [0.3, 0.4) is 0 Å². The Morgan fingerprint density at radius 1 is 1.29 bits per heavy atom. The number of hydrogen-bond donors (Lipinski definition) is 2. The van der Waals surface area contributed by atoms with Crippen molar-refractivity contribution in [3.05, 3.63) is 34.9 Å². The Bertz CT molecular complexity index is 575. The molecule has 1 amide bonds. The summed E-state index contributed by atoms with van der Waals surface area (Å²) >= 11 is 5.96. The third-order valence-electron chi connectivity index (χ3n) is 4.78. The maximum atomic E-state index is 12.3. The van der Waals surface area contributed by atoms with Crippen LogP contribution in [0.2, 0.25) is 5.02 Å². The molecule has 1 saturated heterocycles. The van der Waals surface area contributed by atoms with E-state index in [4.69, 9.17) is 27.2 Å². The van der Waals surface area contributed by atoms with Crippen molar-refractivity contribution < 1.29 is 14.7 Å². The average molecular weight is 353 g/mol. The number of aryl methyl sites for hydroxylation is 1. The molecule has 1 aliphatic carbocycles. The molecule has 0 radical (unpaired) electrons. The van der Waals surface area contributed by atoms with E-state index in [9.17, 15) is 4.79 Å². The fourth-order valence-electron chi connectivity index (χ4n) is 3.57. The molecule has 132 valence electrons. The summed E-state index contributed by atoms with van der Waals surface area (Å²) in [5.74, 6) is 0.460. The third kappa shape index (κ3) is 5.21. The van der Waals surface area contributed by atoms with Crippen molar-refractivity contribution in [2.24, 2.45) is 17.6 Å². The summed E-state index contributed by atoms with van der Waals surface area (Å²) in [7, 11) is 0. The number of piperidine rings is 1. The lowest BCUT2D eigenvalue weighted by Gasteiger charge is -2.36. The van der Waals surface area contributed by atoms with E-state index in [0.717, 1.165) is 37.0 Å². The van der Waals surface area contributed by atoms with Gasteiger partial charge in [-0.3, -0.25) is 9.59 Å². The SMILES string of the molecule is CC(=O)O.NC1[C@@H]2CC[C@H]1CN(C(=O)CCc1cccc(Cl)c1)C2. The molecule has 3 rings (SSSR count). The van der Waals surface area contributed by atoms with Crippen LogP contribution < -0.4 is 5.73 Å². The zero-order valence-electron chi connectivity index (χ0n) is 14.0. The van der Waals surface area contributed by atoms with E-state index in [0.29, 0.717) is 24.3 Å². The van der Waals surface area contributed by atoms with Crippen molar-refractivity contribution in [2.45, 2.75) is 38.6 Å². The Morgan fingerprint density at radius 2 is 1.88 bits per heavy atom. The lowest BCUT2D eigenvalue weighted by atomic mass is 9.93. The number of aliphatic carboxylic acids is 1. The number of benzene rings is 1. The number of amides is 1. The summed E-state index contributed by atoms with van der Waals surface area (Å²) in [5.41, 5.74) is 7.30. The highest BCUT2D eigenvalue weighted by Gasteiger charge is 2.40. The second-order valence-electron chi connectivity index (χ2n) is 6.62. The van der Waals surface area contributed by atoms with Crippen molar-refractivity contribution in [1.29, 1.82) is 0 Å². The van der Waals surface area contributed by atoms with Gasteiger partial charge in [-0.2, -0.15) is 0 Å². The van der Waals surface area contributed by atoms with Gasteiger partial charge in [-0.25, -0.2) is 0 Å². The molecule has 1 aromatic carbocycles. The Labute approximate surface area is 147 Å². The molecule has 2 fully saturated rings. The van der Waals surface area contributed by atoms with Crippen molar-refractivity contribution in [1.82, 2.24) is 4.90 Å². The molecule has 3 atom stereocenters. The summed E-state index contributed by atoms with van der Waals surface area (Å²) in [6, 6.07) is 8.06.